The van der Waals surface area contributed by atoms with Crippen LogP contribution in [0.25, 0.3) is 0 Å². The number of carbonyl (C=O) groups is 1. The van der Waals surface area contributed by atoms with Gasteiger partial charge >= 0.3 is 0 Å². The summed E-state index contributed by atoms with van der Waals surface area (Å²) in [5, 5.41) is 3.16. The van der Waals surface area contributed by atoms with Crippen molar-refractivity contribution in [1.29, 1.82) is 0 Å². The summed E-state index contributed by atoms with van der Waals surface area (Å²) in [6, 6.07) is 2.09. The molecule has 1 amide bonds. The first kappa shape index (κ1) is 8.80. The van der Waals surface area contributed by atoms with Gasteiger partial charge in [0.05, 0.1) is 17.4 Å². The highest BCUT2D eigenvalue weighted by Crippen LogP contribution is 2.24. The van der Waals surface area contributed by atoms with Gasteiger partial charge in [0.1, 0.15) is 5.82 Å². The first-order valence-electron chi connectivity index (χ1n) is 4.48. The van der Waals surface area contributed by atoms with E-state index in [4.69, 9.17) is 11.5 Å². The fourth-order valence-electron chi connectivity index (χ4n) is 1.20. The Morgan fingerprint density at radius 3 is 2.86 bits per heavy atom. The molecule has 1 aliphatic rings. The zero-order chi connectivity index (χ0) is 10.1. The summed E-state index contributed by atoms with van der Waals surface area (Å²) in [7, 11) is 0. The molecule has 0 spiro atoms. The van der Waals surface area contributed by atoms with Crippen LogP contribution in [-0.2, 0) is 0 Å². The van der Waals surface area contributed by atoms with Gasteiger partial charge < -0.3 is 16.8 Å². The Kier molecular flexibility index (Phi) is 1.99. The highest BCUT2D eigenvalue weighted by atomic mass is 16.1. The molecular weight excluding hydrogens is 180 g/mol. The number of pyridine rings is 1. The average molecular weight is 192 g/mol. The molecule has 0 unspecified atom stereocenters. The molecule has 1 aromatic rings. The summed E-state index contributed by atoms with van der Waals surface area (Å²) >= 11 is 0. The molecule has 1 fully saturated rings. The number of nitrogen functional groups attached to an aromatic ring is 1. The van der Waals surface area contributed by atoms with Gasteiger partial charge in [-0.2, -0.15) is 0 Å². The standard InChI is InChI=1S/C9H12N4O/c10-7-4-12-8(13-5-1-2-5)3-6(7)9(11)14/h3-5H,1-2,10H2,(H2,11,14)(H,12,13). The molecule has 5 heteroatoms. The fraction of sp³-hybridized carbons (Fsp3) is 0.333. The van der Waals surface area contributed by atoms with Crippen LogP contribution < -0.4 is 16.8 Å². The number of carbonyl (C=O) groups excluding carboxylic acids is 1. The Morgan fingerprint density at radius 2 is 2.29 bits per heavy atom. The smallest absolute Gasteiger partial charge is 0.250 e. The van der Waals surface area contributed by atoms with Gasteiger partial charge in [-0.05, 0) is 18.9 Å². The third-order valence-electron chi connectivity index (χ3n) is 2.13. The molecule has 0 saturated heterocycles. The van der Waals surface area contributed by atoms with E-state index in [0.29, 0.717) is 23.1 Å². The summed E-state index contributed by atoms with van der Waals surface area (Å²) in [6.07, 6.45) is 3.75. The third-order valence-corrected chi connectivity index (χ3v) is 2.13. The molecule has 0 radical (unpaired) electrons. The van der Waals surface area contributed by atoms with Crippen molar-refractivity contribution in [1.82, 2.24) is 4.98 Å². The molecule has 0 aromatic carbocycles. The van der Waals surface area contributed by atoms with E-state index in [1.807, 2.05) is 0 Å². The maximum absolute atomic E-state index is 11.0. The van der Waals surface area contributed by atoms with Crippen LogP contribution in [0.1, 0.15) is 23.2 Å². The van der Waals surface area contributed by atoms with Crippen LogP contribution in [0, 0.1) is 0 Å². The summed E-state index contributed by atoms with van der Waals surface area (Å²) < 4.78 is 0. The molecule has 1 aliphatic carbocycles. The summed E-state index contributed by atoms with van der Waals surface area (Å²) in [6.45, 7) is 0. The molecule has 1 saturated carbocycles. The Hall–Kier alpha value is -1.78. The van der Waals surface area contributed by atoms with Crippen molar-refractivity contribution < 1.29 is 4.79 Å². The number of nitrogens with one attached hydrogen (secondary N) is 1. The number of nitrogens with zero attached hydrogens (tertiary/aromatic N) is 1. The van der Waals surface area contributed by atoms with Crippen molar-refractivity contribution in [3.63, 3.8) is 0 Å². The van der Waals surface area contributed by atoms with Crippen LogP contribution in [-0.4, -0.2) is 16.9 Å². The first-order chi connectivity index (χ1) is 6.66. The van der Waals surface area contributed by atoms with Crippen molar-refractivity contribution in [2.75, 3.05) is 11.1 Å². The van der Waals surface area contributed by atoms with Gasteiger partial charge in [0.2, 0.25) is 0 Å². The average Bonchev–Trinajstić information content (AvgIpc) is 2.92. The monoisotopic (exact) mass is 192 g/mol. The maximum Gasteiger partial charge on any atom is 0.250 e. The van der Waals surface area contributed by atoms with Crippen LogP contribution in [0.3, 0.4) is 0 Å². The number of hydrogen-bond acceptors (Lipinski definition) is 4. The second kappa shape index (κ2) is 3.17. The Bertz CT molecular complexity index is 373. The van der Waals surface area contributed by atoms with E-state index in [1.165, 1.54) is 6.20 Å². The van der Waals surface area contributed by atoms with Crippen molar-refractivity contribution in [3.8, 4) is 0 Å². The van der Waals surface area contributed by atoms with Gasteiger partial charge in [-0.15, -0.1) is 0 Å². The molecular formula is C9H12N4O. The number of aromatic nitrogens is 1. The predicted molar refractivity (Wildman–Crippen MR) is 53.8 cm³/mol. The van der Waals surface area contributed by atoms with Gasteiger partial charge in [0.15, 0.2) is 0 Å². The maximum atomic E-state index is 11.0. The lowest BCUT2D eigenvalue weighted by atomic mass is 10.2. The lowest BCUT2D eigenvalue weighted by Crippen LogP contribution is -2.15. The molecule has 0 bridgehead atoms. The zero-order valence-corrected chi connectivity index (χ0v) is 7.66. The topological polar surface area (TPSA) is 94.0 Å². The van der Waals surface area contributed by atoms with Crippen LogP contribution in [0.2, 0.25) is 0 Å². The zero-order valence-electron chi connectivity index (χ0n) is 7.66. The number of amides is 1. The third kappa shape index (κ3) is 1.76. The van der Waals surface area contributed by atoms with Gasteiger partial charge in [0.25, 0.3) is 5.91 Å². The van der Waals surface area contributed by atoms with Crippen LogP contribution >= 0.6 is 0 Å². The van der Waals surface area contributed by atoms with E-state index in [0.717, 1.165) is 12.8 Å². The van der Waals surface area contributed by atoms with Crippen molar-refractivity contribution >= 4 is 17.4 Å². The number of nitrogens with two attached hydrogens (primary N) is 2. The second-order valence-corrected chi connectivity index (χ2v) is 3.44. The highest BCUT2D eigenvalue weighted by molar-refractivity contribution is 5.98. The summed E-state index contributed by atoms with van der Waals surface area (Å²) in [4.78, 5) is 15.0. The van der Waals surface area contributed by atoms with Crippen LogP contribution in [0.15, 0.2) is 12.3 Å². The van der Waals surface area contributed by atoms with E-state index < -0.39 is 5.91 Å². The number of hydrogen-bond donors (Lipinski definition) is 3. The normalized spacial score (nSPS) is 15.1. The summed E-state index contributed by atoms with van der Waals surface area (Å²) in [5.74, 6) is 0.138. The largest absolute Gasteiger partial charge is 0.397 e. The van der Waals surface area contributed by atoms with Gasteiger partial charge in [-0.25, -0.2) is 4.98 Å². The Labute approximate surface area is 81.5 Å². The lowest BCUT2D eigenvalue weighted by Gasteiger charge is -2.06. The van der Waals surface area contributed by atoms with Crippen LogP contribution in [0.4, 0.5) is 11.5 Å². The minimum Gasteiger partial charge on any atom is -0.397 e. The molecule has 0 aliphatic heterocycles. The van der Waals surface area contributed by atoms with E-state index in [-0.39, 0.29) is 0 Å². The molecule has 2 rings (SSSR count). The molecule has 1 aromatic heterocycles. The summed E-state index contributed by atoms with van der Waals surface area (Å²) in [5.41, 5.74) is 11.3. The van der Waals surface area contributed by atoms with Gasteiger partial charge in [-0.1, -0.05) is 0 Å². The molecule has 1 heterocycles. The highest BCUT2D eigenvalue weighted by Gasteiger charge is 2.21. The van der Waals surface area contributed by atoms with E-state index in [9.17, 15) is 4.79 Å². The van der Waals surface area contributed by atoms with Crippen molar-refractivity contribution in [2.45, 2.75) is 18.9 Å². The van der Waals surface area contributed by atoms with Gasteiger partial charge in [0, 0.05) is 6.04 Å². The lowest BCUT2D eigenvalue weighted by molar-refractivity contribution is 0.100. The van der Waals surface area contributed by atoms with Crippen molar-refractivity contribution in [3.05, 3.63) is 17.8 Å². The van der Waals surface area contributed by atoms with Crippen molar-refractivity contribution in [2.24, 2.45) is 5.73 Å². The first-order valence-corrected chi connectivity index (χ1v) is 4.48. The molecule has 5 nitrogen and oxygen atoms in total. The number of rotatable bonds is 3. The van der Waals surface area contributed by atoms with E-state index in [1.54, 1.807) is 6.07 Å². The minimum atomic E-state index is -0.524. The van der Waals surface area contributed by atoms with Gasteiger partial charge in [-0.3, -0.25) is 4.79 Å². The SMILES string of the molecule is NC(=O)c1cc(NC2CC2)ncc1N. The molecule has 5 N–H and O–H groups in total. The Balaban J connectivity index is 2.24. The number of primary amides is 1. The molecule has 74 valence electrons. The number of anilines is 2. The predicted octanol–water partition coefficient (Wildman–Crippen LogP) is 0.337. The fourth-order valence-corrected chi connectivity index (χ4v) is 1.20. The molecule has 14 heavy (non-hydrogen) atoms. The second-order valence-electron chi connectivity index (χ2n) is 3.44. The minimum absolute atomic E-state index is 0.318. The van der Waals surface area contributed by atoms with E-state index >= 15 is 0 Å². The Morgan fingerprint density at radius 1 is 1.57 bits per heavy atom. The quantitative estimate of drug-likeness (QED) is 0.643. The van der Waals surface area contributed by atoms with Crippen LogP contribution in [0.5, 0.6) is 0 Å². The molecule has 0 atom stereocenters. The van der Waals surface area contributed by atoms with E-state index in [2.05, 4.69) is 10.3 Å².